The van der Waals surface area contributed by atoms with Crippen LogP contribution in [-0.2, 0) is 6.42 Å². The maximum atomic E-state index is 12.2. The highest BCUT2D eigenvalue weighted by atomic mass is 16.6. The largest absolute Gasteiger partial charge is 0.497 e. The number of pyridine rings is 2. The maximum Gasteiger partial charge on any atom is 0.413 e. The summed E-state index contributed by atoms with van der Waals surface area (Å²) in [5.74, 6) is 0.595. The summed E-state index contributed by atoms with van der Waals surface area (Å²) in [5.41, 5.74) is 3.17. The number of aromatic nitrogens is 2. The lowest BCUT2D eigenvalue weighted by molar-refractivity contribution is 0.0988. The molecule has 2 heterocycles. The molecule has 8 nitrogen and oxygen atoms in total. The van der Waals surface area contributed by atoms with E-state index < -0.39 is 6.09 Å². The van der Waals surface area contributed by atoms with Gasteiger partial charge in [0.25, 0.3) is 5.56 Å². The van der Waals surface area contributed by atoms with E-state index in [1.807, 2.05) is 13.0 Å². The van der Waals surface area contributed by atoms with Gasteiger partial charge in [0.2, 0.25) is 0 Å². The van der Waals surface area contributed by atoms with Gasteiger partial charge in [0.05, 0.1) is 19.9 Å². The highest BCUT2D eigenvalue weighted by Crippen LogP contribution is 2.25. The third-order valence-corrected chi connectivity index (χ3v) is 4.74. The van der Waals surface area contributed by atoms with Crippen molar-refractivity contribution in [3.8, 4) is 22.6 Å². The first-order valence-corrected chi connectivity index (χ1v) is 9.72. The van der Waals surface area contributed by atoms with Crippen LogP contribution in [0.25, 0.3) is 11.1 Å². The third-order valence-electron chi connectivity index (χ3n) is 4.74. The molecule has 0 bridgehead atoms. The van der Waals surface area contributed by atoms with Crippen LogP contribution < -0.4 is 20.3 Å². The molecule has 1 amide bonds. The minimum Gasteiger partial charge on any atom is -0.497 e. The Morgan fingerprint density at radius 3 is 2.52 bits per heavy atom. The number of carbonyl (C=O) groups is 2. The highest BCUT2D eigenvalue weighted by molar-refractivity contribution is 5.99. The predicted molar refractivity (Wildman–Crippen MR) is 116 cm³/mol. The van der Waals surface area contributed by atoms with Gasteiger partial charge in [-0.25, -0.2) is 4.79 Å². The maximum absolute atomic E-state index is 12.2. The third kappa shape index (κ3) is 5.36. The molecule has 160 valence electrons. The number of amides is 1. The fourth-order valence-corrected chi connectivity index (χ4v) is 3.02. The SMILES string of the molecule is CCc1cc(-c2cncc(OC(=O)NCC(=O)c3ccc(OC)cc3)c2)c(C)[nH]c1=O. The van der Waals surface area contributed by atoms with Gasteiger partial charge in [0.15, 0.2) is 11.5 Å². The fraction of sp³-hybridized carbons (Fsp3) is 0.217. The normalized spacial score (nSPS) is 10.4. The molecule has 0 radical (unpaired) electrons. The van der Waals surface area contributed by atoms with E-state index in [1.54, 1.807) is 50.6 Å². The first kappa shape index (κ1) is 21.8. The molecule has 0 atom stereocenters. The Kier molecular flexibility index (Phi) is 6.81. The number of carbonyl (C=O) groups excluding carboxylic acids is 2. The molecule has 0 aliphatic carbocycles. The van der Waals surface area contributed by atoms with Gasteiger partial charge in [-0.1, -0.05) is 6.92 Å². The van der Waals surface area contributed by atoms with E-state index in [-0.39, 0.29) is 23.6 Å². The van der Waals surface area contributed by atoms with Gasteiger partial charge >= 0.3 is 6.09 Å². The quantitative estimate of drug-likeness (QED) is 0.567. The molecular weight excluding hydrogens is 398 g/mol. The number of hydrogen-bond acceptors (Lipinski definition) is 6. The van der Waals surface area contributed by atoms with Crippen molar-refractivity contribution in [2.24, 2.45) is 0 Å². The Bertz CT molecular complexity index is 1150. The predicted octanol–water partition coefficient (Wildman–Crippen LogP) is 3.29. The minimum atomic E-state index is -0.770. The zero-order valence-electron chi connectivity index (χ0n) is 17.5. The zero-order chi connectivity index (χ0) is 22.4. The average molecular weight is 421 g/mol. The van der Waals surface area contributed by atoms with Crippen LogP contribution in [-0.4, -0.2) is 35.5 Å². The Balaban J connectivity index is 1.66. The van der Waals surface area contributed by atoms with Crippen molar-refractivity contribution in [1.29, 1.82) is 0 Å². The standard InChI is InChI=1S/C23H23N3O5/c1-4-15-10-20(14(2)26-22(15)28)17-9-19(12-24-11-17)31-23(29)25-13-21(27)16-5-7-18(30-3)8-6-16/h5-12H,4,13H2,1-3H3,(H,25,29)(H,26,28). The second kappa shape index (κ2) is 9.71. The van der Waals surface area contributed by atoms with Crippen LogP contribution in [0.3, 0.4) is 0 Å². The Labute approximate surface area is 179 Å². The van der Waals surface area contributed by atoms with E-state index in [1.165, 1.54) is 6.20 Å². The molecular formula is C23H23N3O5. The number of aromatic amines is 1. The summed E-state index contributed by atoms with van der Waals surface area (Å²) in [4.78, 5) is 43.2. The van der Waals surface area contributed by atoms with Crippen molar-refractivity contribution in [3.05, 3.63) is 76.0 Å². The molecule has 0 spiro atoms. The lowest BCUT2D eigenvalue weighted by atomic mass is 10.0. The summed E-state index contributed by atoms with van der Waals surface area (Å²) in [6, 6.07) is 10.1. The van der Waals surface area contributed by atoms with Gasteiger partial charge in [-0.15, -0.1) is 0 Å². The lowest BCUT2D eigenvalue weighted by Crippen LogP contribution is -2.32. The van der Waals surface area contributed by atoms with E-state index in [0.29, 0.717) is 34.6 Å². The second-order valence-electron chi connectivity index (χ2n) is 6.82. The number of hydrogen-bond donors (Lipinski definition) is 2. The monoisotopic (exact) mass is 421 g/mol. The summed E-state index contributed by atoms with van der Waals surface area (Å²) in [7, 11) is 1.54. The van der Waals surface area contributed by atoms with Crippen molar-refractivity contribution in [2.45, 2.75) is 20.3 Å². The van der Waals surface area contributed by atoms with Crippen molar-refractivity contribution in [2.75, 3.05) is 13.7 Å². The smallest absolute Gasteiger partial charge is 0.413 e. The molecule has 3 aromatic rings. The van der Waals surface area contributed by atoms with Crippen molar-refractivity contribution >= 4 is 11.9 Å². The minimum absolute atomic E-state index is 0.120. The van der Waals surface area contributed by atoms with E-state index in [4.69, 9.17) is 9.47 Å². The summed E-state index contributed by atoms with van der Waals surface area (Å²) in [6.45, 7) is 3.48. The van der Waals surface area contributed by atoms with Crippen LogP contribution in [0.15, 0.2) is 53.6 Å². The van der Waals surface area contributed by atoms with Crippen LogP contribution in [0.5, 0.6) is 11.5 Å². The number of rotatable bonds is 7. The molecule has 0 saturated carbocycles. The number of Topliss-reactive ketones (excluding diaryl/α,β-unsaturated/α-hetero) is 1. The van der Waals surface area contributed by atoms with Gasteiger partial charge in [0.1, 0.15) is 5.75 Å². The number of benzene rings is 1. The molecule has 8 heteroatoms. The van der Waals surface area contributed by atoms with Crippen LogP contribution in [0.2, 0.25) is 0 Å². The Hall–Kier alpha value is -3.94. The van der Waals surface area contributed by atoms with E-state index >= 15 is 0 Å². The number of ketones is 1. The van der Waals surface area contributed by atoms with Crippen molar-refractivity contribution in [3.63, 3.8) is 0 Å². The molecule has 0 aliphatic rings. The molecule has 2 aromatic heterocycles. The number of ether oxygens (including phenoxy) is 2. The van der Waals surface area contributed by atoms with Crippen molar-refractivity contribution < 1.29 is 19.1 Å². The van der Waals surface area contributed by atoms with Crippen LogP contribution in [0.4, 0.5) is 4.79 Å². The molecule has 3 rings (SSSR count). The summed E-state index contributed by atoms with van der Waals surface area (Å²) in [6.07, 6.45) is 2.85. The first-order valence-electron chi connectivity index (χ1n) is 9.72. The molecule has 0 fully saturated rings. The number of H-pyrrole nitrogens is 1. The molecule has 0 saturated heterocycles. The second-order valence-corrected chi connectivity index (χ2v) is 6.82. The molecule has 1 aromatic carbocycles. The fourth-order valence-electron chi connectivity index (χ4n) is 3.02. The molecule has 2 N–H and O–H groups in total. The van der Waals surface area contributed by atoms with Crippen LogP contribution >= 0.6 is 0 Å². The van der Waals surface area contributed by atoms with Gasteiger partial charge in [0, 0.05) is 34.1 Å². The van der Waals surface area contributed by atoms with E-state index in [2.05, 4.69) is 15.3 Å². The van der Waals surface area contributed by atoms with Gasteiger partial charge in [-0.3, -0.25) is 14.6 Å². The first-order chi connectivity index (χ1) is 14.9. The van der Waals surface area contributed by atoms with E-state index in [9.17, 15) is 14.4 Å². The summed E-state index contributed by atoms with van der Waals surface area (Å²) >= 11 is 0. The molecule has 31 heavy (non-hydrogen) atoms. The Morgan fingerprint density at radius 1 is 1.10 bits per heavy atom. The summed E-state index contributed by atoms with van der Waals surface area (Å²) in [5, 5.41) is 2.44. The number of aryl methyl sites for hydroxylation is 2. The van der Waals surface area contributed by atoms with Gasteiger partial charge in [-0.05, 0) is 49.7 Å². The van der Waals surface area contributed by atoms with E-state index in [0.717, 1.165) is 5.56 Å². The topological polar surface area (TPSA) is 110 Å². The highest BCUT2D eigenvalue weighted by Gasteiger charge is 2.12. The number of nitrogens with one attached hydrogen (secondary N) is 2. The lowest BCUT2D eigenvalue weighted by Gasteiger charge is -2.10. The molecule has 0 unspecified atom stereocenters. The zero-order valence-corrected chi connectivity index (χ0v) is 17.5. The molecule has 0 aliphatic heterocycles. The van der Waals surface area contributed by atoms with Crippen molar-refractivity contribution in [1.82, 2.24) is 15.3 Å². The Morgan fingerprint density at radius 2 is 1.84 bits per heavy atom. The van der Waals surface area contributed by atoms with Gasteiger partial charge < -0.3 is 19.8 Å². The van der Waals surface area contributed by atoms with Crippen LogP contribution in [0, 0.1) is 6.92 Å². The number of nitrogens with zero attached hydrogens (tertiary/aromatic N) is 1. The van der Waals surface area contributed by atoms with Gasteiger partial charge in [-0.2, -0.15) is 0 Å². The summed E-state index contributed by atoms with van der Waals surface area (Å²) < 4.78 is 10.3. The van der Waals surface area contributed by atoms with Crippen LogP contribution in [0.1, 0.15) is 28.5 Å². The average Bonchev–Trinajstić information content (AvgIpc) is 2.78. The number of methoxy groups -OCH3 is 1.